The molecule has 0 spiro atoms. The first-order valence-electron chi connectivity index (χ1n) is 4.64. The van der Waals surface area contributed by atoms with Gasteiger partial charge in [-0.25, -0.2) is 13.2 Å². The van der Waals surface area contributed by atoms with Crippen LogP contribution in [0.2, 0.25) is 0 Å². The van der Waals surface area contributed by atoms with E-state index in [0.717, 1.165) is 0 Å². The van der Waals surface area contributed by atoms with Crippen LogP contribution in [0.5, 0.6) is 0 Å². The smallest absolute Gasteiger partial charge is 0.132 e. The topological polar surface area (TPSA) is 20.2 Å². The predicted octanol–water partition coefficient (Wildman–Crippen LogP) is 2.76. The monoisotopic (exact) mass is 218 g/mol. The fourth-order valence-electron chi connectivity index (χ4n) is 1.59. The molecule has 1 rings (SSSR count). The Bertz CT molecular complexity index is 338. The maximum atomic E-state index is 13.4. The Morgan fingerprint density at radius 2 is 1.60 bits per heavy atom. The van der Waals surface area contributed by atoms with Gasteiger partial charge in [0, 0.05) is 24.3 Å². The van der Waals surface area contributed by atoms with E-state index in [2.05, 4.69) is 0 Å². The molecule has 1 aromatic carbocycles. The number of hydrogen-bond acceptors (Lipinski definition) is 1. The van der Waals surface area contributed by atoms with Gasteiger partial charge in [0.05, 0.1) is 0 Å². The highest BCUT2D eigenvalue weighted by Gasteiger charge is 2.27. The van der Waals surface area contributed by atoms with Crippen LogP contribution in [-0.4, -0.2) is 11.7 Å². The van der Waals surface area contributed by atoms with Gasteiger partial charge in [-0.05, 0) is 11.8 Å². The molecule has 0 aliphatic heterocycles. The van der Waals surface area contributed by atoms with Crippen LogP contribution in [0.25, 0.3) is 0 Å². The number of aliphatic hydroxyl groups is 1. The molecule has 0 atom stereocenters. The highest BCUT2D eigenvalue weighted by atomic mass is 19.1. The third-order valence-corrected chi connectivity index (χ3v) is 2.42. The van der Waals surface area contributed by atoms with Crippen molar-refractivity contribution in [1.82, 2.24) is 0 Å². The van der Waals surface area contributed by atoms with Crippen molar-refractivity contribution in [2.75, 3.05) is 6.61 Å². The first-order chi connectivity index (χ1) is 6.88. The second-order valence-electron chi connectivity index (χ2n) is 4.10. The molecule has 0 aromatic heterocycles. The van der Waals surface area contributed by atoms with Crippen LogP contribution >= 0.6 is 0 Å². The zero-order valence-corrected chi connectivity index (χ0v) is 8.65. The maximum Gasteiger partial charge on any atom is 0.132 e. The van der Waals surface area contributed by atoms with E-state index < -0.39 is 22.9 Å². The van der Waals surface area contributed by atoms with E-state index in [-0.39, 0.29) is 18.6 Å². The highest BCUT2D eigenvalue weighted by Crippen LogP contribution is 2.31. The Kier molecular flexibility index (Phi) is 3.39. The third-order valence-electron chi connectivity index (χ3n) is 2.42. The summed E-state index contributed by atoms with van der Waals surface area (Å²) in [6.07, 6.45) is 0.215. The molecule has 0 heterocycles. The summed E-state index contributed by atoms with van der Waals surface area (Å²) in [5.74, 6) is -2.76. The lowest BCUT2D eigenvalue weighted by Crippen LogP contribution is -2.22. The van der Waals surface area contributed by atoms with Crippen molar-refractivity contribution in [2.45, 2.75) is 25.7 Å². The van der Waals surface area contributed by atoms with Crippen LogP contribution in [-0.2, 0) is 5.41 Å². The van der Waals surface area contributed by atoms with E-state index in [0.29, 0.717) is 12.1 Å². The molecule has 0 unspecified atom stereocenters. The third kappa shape index (κ3) is 2.50. The lowest BCUT2D eigenvalue weighted by Gasteiger charge is -2.25. The van der Waals surface area contributed by atoms with Crippen LogP contribution in [0, 0.1) is 17.5 Å². The second-order valence-corrected chi connectivity index (χ2v) is 4.10. The van der Waals surface area contributed by atoms with Crippen molar-refractivity contribution in [1.29, 1.82) is 0 Å². The molecule has 0 amide bonds. The largest absolute Gasteiger partial charge is 0.396 e. The van der Waals surface area contributed by atoms with Crippen molar-refractivity contribution in [2.24, 2.45) is 0 Å². The molecule has 1 aromatic rings. The molecule has 1 N–H and O–H groups in total. The van der Waals surface area contributed by atoms with E-state index in [4.69, 9.17) is 5.11 Å². The minimum atomic E-state index is -0.937. The SMILES string of the molecule is CC(C)(CCO)c1c(F)cc(F)cc1F. The summed E-state index contributed by atoms with van der Waals surface area (Å²) in [5.41, 5.74) is -1.03. The van der Waals surface area contributed by atoms with Crippen LogP contribution < -0.4 is 0 Å². The molecule has 4 heteroatoms. The molecule has 0 aliphatic carbocycles. The summed E-state index contributed by atoms with van der Waals surface area (Å²) < 4.78 is 39.4. The molecular formula is C11H13F3O. The van der Waals surface area contributed by atoms with Gasteiger partial charge in [0.25, 0.3) is 0 Å². The Morgan fingerprint density at radius 3 is 2.00 bits per heavy atom. The fraction of sp³-hybridized carbons (Fsp3) is 0.455. The summed E-state index contributed by atoms with van der Waals surface area (Å²) in [7, 11) is 0. The molecule has 0 aliphatic rings. The van der Waals surface area contributed by atoms with E-state index in [1.165, 1.54) is 0 Å². The quantitative estimate of drug-likeness (QED) is 0.827. The number of aliphatic hydroxyl groups excluding tert-OH is 1. The van der Waals surface area contributed by atoms with E-state index in [9.17, 15) is 13.2 Å². The summed E-state index contributed by atoms with van der Waals surface area (Å²) in [4.78, 5) is 0. The lowest BCUT2D eigenvalue weighted by atomic mass is 9.81. The van der Waals surface area contributed by atoms with Gasteiger partial charge in [0.1, 0.15) is 17.5 Å². The first-order valence-corrected chi connectivity index (χ1v) is 4.64. The minimum Gasteiger partial charge on any atom is -0.396 e. The van der Waals surface area contributed by atoms with E-state index in [1.54, 1.807) is 13.8 Å². The number of halogens is 3. The van der Waals surface area contributed by atoms with Gasteiger partial charge in [-0.2, -0.15) is 0 Å². The van der Waals surface area contributed by atoms with Gasteiger partial charge < -0.3 is 5.11 Å². The average molecular weight is 218 g/mol. The van der Waals surface area contributed by atoms with E-state index >= 15 is 0 Å². The van der Waals surface area contributed by atoms with Gasteiger partial charge in [0.15, 0.2) is 0 Å². The van der Waals surface area contributed by atoms with Gasteiger partial charge in [-0.15, -0.1) is 0 Å². The van der Waals surface area contributed by atoms with Crippen LogP contribution in [0.15, 0.2) is 12.1 Å². The second kappa shape index (κ2) is 4.23. The van der Waals surface area contributed by atoms with Crippen LogP contribution in [0.1, 0.15) is 25.8 Å². The van der Waals surface area contributed by atoms with Crippen molar-refractivity contribution in [3.8, 4) is 0 Å². The summed E-state index contributed by atoms with van der Waals surface area (Å²) in [6, 6.07) is 1.30. The molecule has 0 bridgehead atoms. The van der Waals surface area contributed by atoms with Gasteiger partial charge >= 0.3 is 0 Å². The Morgan fingerprint density at radius 1 is 1.13 bits per heavy atom. The standard InChI is InChI=1S/C11H13F3O/c1-11(2,3-4-15)10-8(13)5-7(12)6-9(10)14/h5-6,15H,3-4H2,1-2H3. The maximum absolute atomic E-state index is 13.4. The predicted molar refractivity (Wildman–Crippen MR) is 51.0 cm³/mol. The Labute approximate surface area is 86.5 Å². The molecular weight excluding hydrogens is 205 g/mol. The van der Waals surface area contributed by atoms with Gasteiger partial charge in [0.2, 0.25) is 0 Å². The normalized spacial score (nSPS) is 11.9. The first kappa shape index (κ1) is 12.0. The van der Waals surface area contributed by atoms with E-state index in [1.807, 2.05) is 0 Å². The summed E-state index contributed by atoms with van der Waals surface area (Å²) >= 11 is 0. The van der Waals surface area contributed by atoms with Gasteiger partial charge in [-0.1, -0.05) is 13.8 Å². The molecule has 0 fully saturated rings. The number of benzene rings is 1. The Balaban J connectivity index is 3.24. The van der Waals surface area contributed by atoms with Crippen molar-refractivity contribution >= 4 is 0 Å². The fourth-order valence-corrected chi connectivity index (χ4v) is 1.59. The van der Waals surface area contributed by atoms with Crippen LogP contribution in [0.4, 0.5) is 13.2 Å². The zero-order valence-electron chi connectivity index (χ0n) is 8.65. The van der Waals surface area contributed by atoms with Crippen molar-refractivity contribution < 1.29 is 18.3 Å². The minimum absolute atomic E-state index is 0.177. The lowest BCUT2D eigenvalue weighted by molar-refractivity contribution is 0.247. The molecule has 0 radical (unpaired) electrons. The van der Waals surface area contributed by atoms with Crippen molar-refractivity contribution in [3.05, 3.63) is 35.1 Å². The summed E-state index contributed by atoms with van der Waals surface area (Å²) in [6.45, 7) is 3.02. The molecule has 0 saturated carbocycles. The zero-order chi connectivity index (χ0) is 11.6. The van der Waals surface area contributed by atoms with Crippen molar-refractivity contribution in [3.63, 3.8) is 0 Å². The number of rotatable bonds is 3. The Hall–Kier alpha value is -1.03. The molecule has 15 heavy (non-hydrogen) atoms. The molecule has 1 nitrogen and oxygen atoms in total. The average Bonchev–Trinajstić information content (AvgIpc) is 1.99. The highest BCUT2D eigenvalue weighted by molar-refractivity contribution is 5.28. The number of hydrogen-bond donors (Lipinski definition) is 1. The summed E-state index contributed by atoms with van der Waals surface area (Å²) in [5, 5.41) is 8.78. The molecule has 0 saturated heterocycles. The molecule has 84 valence electrons. The van der Waals surface area contributed by atoms with Crippen LogP contribution in [0.3, 0.4) is 0 Å². The van der Waals surface area contributed by atoms with Gasteiger partial charge in [-0.3, -0.25) is 0 Å².